The van der Waals surface area contributed by atoms with E-state index in [0.29, 0.717) is 10.6 Å². The summed E-state index contributed by atoms with van der Waals surface area (Å²) in [6.07, 6.45) is 1.35. The molecule has 0 atom stereocenters. The molecule has 0 aromatic heterocycles. The lowest BCUT2D eigenvalue weighted by atomic mass is 10.1. The van der Waals surface area contributed by atoms with Crippen molar-refractivity contribution < 1.29 is 9.53 Å². The molecule has 162 valence electrons. The van der Waals surface area contributed by atoms with Crippen molar-refractivity contribution in [2.24, 2.45) is 0 Å². The van der Waals surface area contributed by atoms with Crippen molar-refractivity contribution in [3.63, 3.8) is 0 Å². The highest BCUT2D eigenvalue weighted by atomic mass is 35.5. The summed E-state index contributed by atoms with van der Waals surface area (Å²) in [6.45, 7) is 0.232. The lowest BCUT2D eigenvalue weighted by Gasteiger charge is -2.12. The molecule has 3 aromatic rings. The molecule has 0 saturated heterocycles. The van der Waals surface area contributed by atoms with E-state index in [9.17, 15) is 10.1 Å². The van der Waals surface area contributed by atoms with Gasteiger partial charge in [-0.05, 0) is 53.6 Å². The first kappa shape index (κ1) is 24.3. The van der Waals surface area contributed by atoms with Crippen molar-refractivity contribution in [2.45, 2.75) is 6.61 Å². The number of hydrogen-bond donors (Lipinski definition) is 1. The molecule has 0 unspecified atom stereocenters. The number of anilines is 1. The molecule has 0 aliphatic carbocycles. The summed E-state index contributed by atoms with van der Waals surface area (Å²) in [5.74, 6) is -0.399. The van der Waals surface area contributed by atoms with Crippen LogP contribution in [0.2, 0.25) is 25.1 Å². The Kier molecular flexibility index (Phi) is 8.31. The largest absolute Gasteiger partial charge is 0.486 e. The van der Waals surface area contributed by atoms with E-state index in [0.717, 1.165) is 5.56 Å². The van der Waals surface area contributed by atoms with Gasteiger partial charge in [-0.15, -0.1) is 0 Å². The Balaban J connectivity index is 1.79. The van der Waals surface area contributed by atoms with Crippen LogP contribution in [-0.4, -0.2) is 5.91 Å². The van der Waals surface area contributed by atoms with E-state index in [-0.39, 0.29) is 43.7 Å². The fraction of sp³-hybridized carbons (Fsp3) is 0.0435. The first-order chi connectivity index (χ1) is 15.3. The number of hydrogen-bond acceptors (Lipinski definition) is 3. The minimum atomic E-state index is -0.683. The van der Waals surface area contributed by atoms with E-state index in [1.807, 2.05) is 18.2 Å². The van der Waals surface area contributed by atoms with Crippen molar-refractivity contribution in [3.05, 3.63) is 96.4 Å². The molecule has 0 saturated carbocycles. The fourth-order valence-corrected chi connectivity index (χ4v) is 3.88. The number of nitrogens with one attached hydrogen (secondary N) is 1. The monoisotopic (exact) mass is 524 g/mol. The molecule has 0 radical (unpaired) electrons. The van der Waals surface area contributed by atoms with Gasteiger partial charge in [-0.1, -0.05) is 76.2 Å². The Morgan fingerprint density at radius 1 is 0.938 bits per heavy atom. The molecule has 3 aromatic carbocycles. The van der Waals surface area contributed by atoms with Gasteiger partial charge in [0.25, 0.3) is 5.91 Å². The van der Waals surface area contributed by atoms with E-state index < -0.39 is 5.91 Å². The molecule has 1 amide bonds. The molecule has 0 aliphatic rings. The third-order valence-corrected chi connectivity index (χ3v) is 5.64. The van der Waals surface area contributed by atoms with Crippen LogP contribution in [0.3, 0.4) is 0 Å². The normalized spacial score (nSPS) is 11.1. The van der Waals surface area contributed by atoms with Crippen LogP contribution in [0.1, 0.15) is 11.1 Å². The highest BCUT2D eigenvalue weighted by molar-refractivity contribution is 6.40. The highest BCUT2D eigenvalue weighted by Gasteiger charge is 2.15. The van der Waals surface area contributed by atoms with Gasteiger partial charge in [0.2, 0.25) is 0 Å². The molecule has 1 N–H and O–H groups in total. The van der Waals surface area contributed by atoms with Crippen molar-refractivity contribution in [1.29, 1.82) is 5.26 Å². The Morgan fingerprint density at radius 3 is 2.09 bits per heavy atom. The van der Waals surface area contributed by atoms with Gasteiger partial charge >= 0.3 is 0 Å². The van der Waals surface area contributed by atoms with Gasteiger partial charge < -0.3 is 10.1 Å². The van der Waals surface area contributed by atoms with Gasteiger partial charge in [0, 0.05) is 5.02 Å². The fourth-order valence-electron chi connectivity index (χ4n) is 2.65. The van der Waals surface area contributed by atoms with Crippen LogP contribution in [0.4, 0.5) is 5.69 Å². The molecule has 3 rings (SSSR count). The average Bonchev–Trinajstić information content (AvgIpc) is 2.75. The number of para-hydroxylation sites is 1. The predicted octanol–water partition coefficient (Wildman–Crippen LogP) is 8.08. The Hall–Kier alpha value is -2.39. The van der Waals surface area contributed by atoms with E-state index in [4.69, 9.17) is 62.7 Å². The lowest BCUT2D eigenvalue weighted by molar-refractivity contribution is -0.112. The van der Waals surface area contributed by atoms with E-state index in [1.54, 1.807) is 30.3 Å². The molecule has 0 spiro atoms. The van der Waals surface area contributed by atoms with Crippen molar-refractivity contribution in [2.75, 3.05) is 5.32 Å². The predicted molar refractivity (Wildman–Crippen MR) is 131 cm³/mol. The van der Waals surface area contributed by atoms with Gasteiger partial charge in [0.15, 0.2) is 5.75 Å². The average molecular weight is 527 g/mol. The van der Waals surface area contributed by atoms with Crippen molar-refractivity contribution in [3.8, 4) is 11.8 Å². The minimum absolute atomic E-state index is 0.192. The molecule has 0 heterocycles. The van der Waals surface area contributed by atoms with Gasteiger partial charge in [0.05, 0.1) is 25.8 Å². The number of carbonyl (C=O) groups is 1. The number of nitriles is 1. The zero-order valence-corrected chi connectivity index (χ0v) is 19.9. The molecule has 32 heavy (non-hydrogen) atoms. The summed E-state index contributed by atoms with van der Waals surface area (Å²) in [5, 5.41) is 13.6. The van der Waals surface area contributed by atoms with Gasteiger partial charge in [-0.3, -0.25) is 4.79 Å². The number of halogens is 5. The zero-order valence-electron chi connectivity index (χ0n) is 16.1. The van der Waals surface area contributed by atoms with Crippen molar-refractivity contribution in [1.82, 2.24) is 0 Å². The van der Waals surface area contributed by atoms with Crippen LogP contribution in [0, 0.1) is 11.3 Å². The van der Waals surface area contributed by atoms with Gasteiger partial charge in [-0.2, -0.15) is 5.26 Å². The van der Waals surface area contributed by atoms with Crippen LogP contribution >= 0.6 is 58.0 Å². The van der Waals surface area contributed by atoms with E-state index in [1.165, 1.54) is 18.2 Å². The zero-order chi connectivity index (χ0) is 23.3. The summed E-state index contributed by atoms with van der Waals surface area (Å²) >= 11 is 30.7. The second-order valence-corrected chi connectivity index (χ2v) is 8.51. The number of benzene rings is 3. The maximum Gasteiger partial charge on any atom is 0.266 e. The molecule has 0 aliphatic heterocycles. The van der Waals surface area contributed by atoms with E-state index >= 15 is 0 Å². The van der Waals surface area contributed by atoms with Crippen LogP contribution in [0.5, 0.6) is 5.75 Å². The standard InChI is InChI=1S/C23H13Cl5N2O2/c24-16-6-4-13(5-7-16)12-32-22-19(27)9-14(10-20(22)28)8-15(11-29)23(31)30-21-17(25)2-1-3-18(21)26/h1-10H,12H2,(H,30,31)/b15-8+. The summed E-state index contributed by atoms with van der Waals surface area (Å²) in [5.41, 5.74) is 1.34. The molecule has 9 heteroatoms. The summed E-state index contributed by atoms with van der Waals surface area (Å²) in [4.78, 5) is 12.6. The minimum Gasteiger partial charge on any atom is -0.486 e. The Morgan fingerprint density at radius 2 is 1.53 bits per heavy atom. The smallest absolute Gasteiger partial charge is 0.266 e. The quantitative estimate of drug-likeness (QED) is 0.261. The number of amides is 1. The van der Waals surface area contributed by atoms with Crippen molar-refractivity contribution >= 4 is 75.7 Å². The Labute approximate surface area is 209 Å². The summed E-state index contributed by atoms with van der Waals surface area (Å²) in [7, 11) is 0. The molecule has 0 bridgehead atoms. The maximum atomic E-state index is 12.6. The number of carbonyl (C=O) groups excluding carboxylic acids is 1. The molecular weight excluding hydrogens is 514 g/mol. The van der Waals surface area contributed by atoms with E-state index in [2.05, 4.69) is 5.32 Å². The topological polar surface area (TPSA) is 62.1 Å². The highest BCUT2D eigenvalue weighted by Crippen LogP contribution is 2.36. The SMILES string of the molecule is N#C/C(=C\c1cc(Cl)c(OCc2ccc(Cl)cc2)c(Cl)c1)C(=O)Nc1c(Cl)cccc1Cl. The second kappa shape index (κ2) is 11.0. The number of nitrogens with zero attached hydrogens (tertiary/aromatic N) is 1. The van der Waals surface area contributed by atoms with Crippen LogP contribution in [0.15, 0.2) is 60.2 Å². The molecule has 0 fully saturated rings. The first-order valence-corrected chi connectivity index (χ1v) is 10.9. The maximum absolute atomic E-state index is 12.6. The third kappa shape index (κ3) is 6.10. The van der Waals surface area contributed by atoms with Crippen LogP contribution < -0.4 is 10.1 Å². The van der Waals surface area contributed by atoms with Gasteiger partial charge in [0.1, 0.15) is 18.2 Å². The number of rotatable bonds is 6. The van der Waals surface area contributed by atoms with Crippen LogP contribution in [0.25, 0.3) is 6.08 Å². The Bertz CT molecular complexity index is 1190. The first-order valence-electron chi connectivity index (χ1n) is 9.02. The second-order valence-electron chi connectivity index (χ2n) is 6.45. The number of ether oxygens (including phenoxy) is 1. The summed E-state index contributed by atoms with van der Waals surface area (Å²) < 4.78 is 5.73. The summed E-state index contributed by atoms with van der Waals surface area (Å²) in [6, 6.07) is 16.9. The van der Waals surface area contributed by atoms with Crippen LogP contribution in [-0.2, 0) is 11.4 Å². The molecular formula is C23H13Cl5N2O2. The van der Waals surface area contributed by atoms with Gasteiger partial charge in [-0.25, -0.2) is 0 Å². The lowest BCUT2D eigenvalue weighted by Crippen LogP contribution is -2.14. The third-order valence-electron chi connectivity index (χ3n) is 4.19. The molecule has 4 nitrogen and oxygen atoms in total.